The van der Waals surface area contributed by atoms with Crippen molar-refractivity contribution >= 4 is 23.5 Å². The highest BCUT2D eigenvalue weighted by molar-refractivity contribution is 7.98. The third kappa shape index (κ3) is 5.63. The van der Waals surface area contributed by atoms with E-state index in [4.69, 9.17) is 0 Å². The fourth-order valence-electron chi connectivity index (χ4n) is 3.77. The summed E-state index contributed by atoms with van der Waals surface area (Å²) in [5, 5.41) is 17.4. The zero-order chi connectivity index (χ0) is 23.8. The zero-order valence-electron chi connectivity index (χ0n) is 19.4. The van der Waals surface area contributed by atoms with Crippen LogP contribution in [0.1, 0.15) is 25.3 Å². The summed E-state index contributed by atoms with van der Waals surface area (Å²) < 4.78 is 0. The van der Waals surface area contributed by atoms with Gasteiger partial charge in [-0.05, 0) is 51.9 Å². The molecule has 1 heterocycles. The van der Waals surface area contributed by atoms with Crippen molar-refractivity contribution in [2.24, 2.45) is 0 Å². The molecule has 2 amide bonds. The molecule has 34 heavy (non-hydrogen) atoms. The number of benzene rings is 3. The quantitative estimate of drug-likeness (QED) is 0.288. The zero-order valence-corrected chi connectivity index (χ0v) is 20.2. The Morgan fingerprint density at radius 1 is 1.00 bits per heavy atom. The maximum Gasteiger partial charge on any atom is 0.322 e. The number of rotatable bonds is 9. The van der Waals surface area contributed by atoms with Gasteiger partial charge in [-0.3, -0.25) is 0 Å². The van der Waals surface area contributed by atoms with E-state index < -0.39 is 0 Å². The van der Waals surface area contributed by atoms with Gasteiger partial charge in [0.2, 0.25) is 0 Å². The Balaban J connectivity index is 1.52. The van der Waals surface area contributed by atoms with Crippen LogP contribution in [0.15, 0.2) is 77.7 Å². The van der Waals surface area contributed by atoms with E-state index in [1.54, 1.807) is 11.8 Å². The number of hydrogen-bond acceptors (Lipinski definition) is 5. The SMILES string of the molecule is CCCCN(Cc1ccc(-c2ccccc2-c2nnn[nH]2)cc1)C(=O)Nc1ccccc1SC. The molecule has 0 bridgehead atoms. The Bertz CT molecular complexity index is 1210. The van der Waals surface area contributed by atoms with E-state index in [-0.39, 0.29) is 6.03 Å². The van der Waals surface area contributed by atoms with Crippen LogP contribution in [0.3, 0.4) is 0 Å². The lowest BCUT2D eigenvalue weighted by Gasteiger charge is -2.24. The van der Waals surface area contributed by atoms with Crippen molar-refractivity contribution in [3.8, 4) is 22.5 Å². The number of hydrogen-bond donors (Lipinski definition) is 2. The highest BCUT2D eigenvalue weighted by Crippen LogP contribution is 2.30. The normalized spacial score (nSPS) is 10.8. The number of thioether (sulfide) groups is 1. The second kappa shape index (κ2) is 11.5. The number of H-pyrrole nitrogens is 1. The predicted octanol–water partition coefficient (Wildman–Crippen LogP) is 6.09. The molecule has 0 radical (unpaired) electrons. The standard InChI is InChI=1S/C26H28N6OS/c1-3-4-17-32(26(33)27-23-11-7-8-12-24(23)34-2)18-19-13-15-20(16-14-19)21-9-5-6-10-22(21)25-28-30-31-29-25/h5-16H,3-4,17-18H2,1-2H3,(H,27,33)(H,28,29,30,31). The maximum atomic E-state index is 13.1. The number of aromatic amines is 1. The first-order chi connectivity index (χ1) is 16.7. The minimum atomic E-state index is -0.0813. The van der Waals surface area contributed by atoms with E-state index in [1.165, 1.54) is 0 Å². The molecule has 4 rings (SSSR count). The molecule has 0 aliphatic carbocycles. The molecule has 2 N–H and O–H groups in total. The summed E-state index contributed by atoms with van der Waals surface area (Å²) in [5.74, 6) is 0.632. The van der Waals surface area contributed by atoms with E-state index in [9.17, 15) is 4.79 Å². The van der Waals surface area contributed by atoms with Gasteiger partial charge in [-0.15, -0.1) is 16.9 Å². The minimum Gasteiger partial charge on any atom is -0.320 e. The van der Waals surface area contributed by atoms with Crippen molar-refractivity contribution < 1.29 is 4.79 Å². The molecule has 3 aromatic carbocycles. The second-order valence-electron chi connectivity index (χ2n) is 7.90. The molecule has 0 spiro atoms. The summed E-state index contributed by atoms with van der Waals surface area (Å²) in [7, 11) is 0. The molecule has 0 saturated heterocycles. The van der Waals surface area contributed by atoms with Crippen LogP contribution in [0.5, 0.6) is 0 Å². The molecule has 174 valence electrons. The highest BCUT2D eigenvalue weighted by Gasteiger charge is 2.16. The van der Waals surface area contributed by atoms with E-state index in [1.807, 2.05) is 53.6 Å². The molecule has 0 aliphatic rings. The summed E-state index contributed by atoms with van der Waals surface area (Å²) in [6.07, 6.45) is 3.99. The predicted molar refractivity (Wildman–Crippen MR) is 138 cm³/mol. The number of para-hydroxylation sites is 1. The molecule has 0 unspecified atom stereocenters. The van der Waals surface area contributed by atoms with E-state index >= 15 is 0 Å². The number of unbranched alkanes of at least 4 members (excludes halogenated alkanes) is 1. The fraction of sp³-hybridized carbons (Fsp3) is 0.231. The van der Waals surface area contributed by atoms with Gasteiger partial charge >= 0.3 is 6.03 Å². The molecule has 0 aliphatic heterocycles. The molecular formula is C26H28N6OS. The average Bonchev–Trinajstić information content (AvgIpc) is 3.42. The second-order valence-corrected chi connectivity index (χ2v) is 8.75. The minimum absolute atomic E-state index is 0.0813. The first-order valence-corrected chi connectivity index (χ1v) is 12.5. The number of carbonyl (C=O) groups is 1. The van der Waals surface area contributed by atoms with Gasteiger partial charge in [-0.1, -0.05) is 74.0 Å². The number of aromatic nitrogens is 4. The van der Waals surface area contributed by atoms with E-state index in [0.29, 0.717) is 18.9 Å². The van der Waals surface area contributed by atoms with Crippen LogP contribution >= 0.6 is 11.8 Å². The van der Waals surface area contributed by atoms with Crippen LogP contribution < -0.4 is 5.32 Å². The number of tetrazole rings is 1. The van der Waals surface area contributed by atoms with Gasteiger partial charge < -0.3 is 10.2 Å². The molecule has 8 heteroatoms. The van der Waals surface area contributed by atoms with Gasteiger partial charge in [0.15, 0.2) is 5.82 Å². The Hall–Kier alpha value is -3.65. The Kier molecular flexibility index (Phi) is 7.93. The number of nitrogens with zero attached hydrogens (tertiary/aromatic N) is 4. The summed E-state index contributed by atoms with van der Waals surface area (Å²) >= 11 is 1.62. The van der Waals surface area contributed by atoms with Crippen LogP contribution in [0.2, 0.25) is 0 Å². The van der Waals surface area contributed by atoms with Crippen LogP contribution in [0.4, 0.5) is 10.5 Å². The van der Waals surface area contributed by atoms with Gasteiger partial charge in [0.1, 0.15) is 0 Å². The third-order valence-corrected chi connectivity index (χ3v) is 6.38. The van der Waals surface area contributed by atoms with E-state index in [2.05, 4.69) is 63.2 Å². The largest absolute Gasteiger partial charge is 0.322 e. The molecule has 0 atom stereocenters. The summed E-state index contributed by atoms with van der Waals surface area (Å²) in [4.78, 5) is 16.1. The number of urea groups is 1. The topological polar surface area (TPSA) is 86.8 Å². The van der Waals surface area contributed by atoms with E-state index in [0.717, 1.165) is 45.7 Å². The van der Waals surface area contributed by atoms with Crippen molar-refractivity contribution in [3.63, 3.8) is 0 Å². The summed E-state index contributed by atoms with van der Waals surface area (Å²) in [6, 6.07) is 24.1. The number of nitrogens with one attached hydrogen (secondary N) is 2. The number of anilines is 1. The molecule has 1 aromatic heterocycles. The van der Waals surface area contributed by atoms with Crippen molar-refractivity contribution in [1.29, 1.82) is 0 Å². The lowest BCUT2D eigenvalue weighted by Crippen LogP contribution is -2.35. The van der Waals surface area contributed by atoms with Crippen molar-refractivity contribution in [2.75, 3.05) is 18.1 Å². The lowest BCUT2D eigenvalue weighted by molar-refractivity contribution is 0.208. The monoisotopic (exact) mass is 472 g/mol. The number of carbonyl (C=O) groups excluding carboxylic acids is 1. The van der Waals surface area contributed by atoms with Crippen LogP contribution in [-0.2, 0) is 6.54 Å². The van der Waals surface area contributed by atoms with Crippen LogP contribution in [0.25, 0.3) is 22.5 Å². The van der Waals surface area contributed by atoms with Gasteiger partial charge in [0.25, 0.3) is 0 Å². The number of amides is 2. The van der Waals surface area contributed by atoms with Gasteiger partial charge in [0, 0.05) is 23.5 Å². The van der Waals surface area contributed by atoms with Crippen molar-refractivity contribution in [1.82, 2.24) is 25.5 Å². The highest BCUT2D eigenvalue weighted by atomic mass is 32.2. The molecule has 4 aromatic rings. The first kappa shape index (κ1) is 23.5. The average molecular weight is 473 g/mol. The summed E-state index contributed by atoms with van der Waals surface area (Å²) in [5.41, 5.74) is 4.97. The fourth-order valence-corrected chi connectivity index (χ4v) is 4.32. The van der Waals surface area contributed by atoms with Gasteiger partial charge in [-0.25, -0.2) is 9.89 Å². The van der Waals surface area contributed by atoms with Gasteiger partial charge in [0.05, 0.1) is 5.69 Å². The Labute approximate surface area is 204 Å². The van der Waals surface area contributed by atoms with Crippen LogP contribution in [-0.4, -0.2) is 44.4 Å². The molecule has 7 nitrogen and oxygen atoms in total. The maximum absolute atomic E-state index is 13.1. The molecule has 0 fully saturated rings. The lowest BCUT2D eigenvalue weighted by atomic mass is 9.98. The van der Waals surface area contributed by atoms with Crippen LogP contribution in [0, 0.1) is 0 Å². The first-order valence-electron chi connectivity index (χ1n) is 11.3. The third-order valence-electron chi connectivity index (χ3n) is 5.58. The Morgan fingerprint density at radius 2 is 1.74 bits per heavy atom. The molecule has 0 saturated carbocycles. The smallest absolute Gasteiger partial charge is 0.320 e. The summed E-state index contributed by atoms with van der Waals surface area (Å²) in [6.45, 7) is 3.38. The Morgan fingerprint density at radius 3 is 2.44 bits per heavy atom. The van der Waals surface area contributed by atoms with Crippen molar-refractivity contribution in [2.45, 2.75) is 31.2 Å². The van der Waals surface area contributed by atoms with Gasteiger partial charge in [-0.2, -0.15) is 0 Å². The van der Waals surface area contributed by atoms with Crippen molar-refractivity contribution in [3.05, 3.63) is 78.4 Å². The molecular weight excluding hydrogens is 444 g/mol.